The number of carbonyl (C=O) groups excluding carboxylic acids is 1. The van der Waals surface area contributed by atoms with Crippen molar-refractivity contribution in [2.24, 2.45) is 16.7 Å². The Balaban J connectivity index is 0.000000197. The van der Waals surface area contributed by atoms with Crippen molar-refractivity contribution in [3.8, 4) is 0 Å². The summed E-state index contributed by atoms with van der Waals surface area (Å²) in [6.07, 6.45) is 1.97. The van der Waals surface area contributed by atoms with Gasteiger partial charge in [-0.2, -0.15) is 8.42 Å². The summed E-state index contributed by atoms with van der Waals surface area (Å²) >= 11 is 2.39. The van der Waals surface area contributed by atoms with Crippen LogP contribution in [0.25, 0.3) is 0 Å². The molecule has 26 heavy (non-hydrogen) atoms. The molecule has 0 aliphatic heterocycles. The second-order valence-electron chi connectivity index (χ2n) is 9.12. The Morgan fingerprint density at radius 2 is 1.81 bits per heavy atom. The third-order valence-corrected chi connectivity index (χ3v) is 8.05. The van der Waals surface area contributed by atoms with E-state index in [1.165, 1.54) is 9.13 Å². The van der Waals surface area contributed by atoms with E-state index in [-0.39, 0.29) is 22.5 Å². The monoisotopic (exact) mass is 492 g/mol. The number of ketones is 1. The molecule has 2 bridgehead atoms. The zero-order valence-electron chi connectivity index (χ0n) is 16.2. The highest BCUT2D eigenvalue weighted by Gasteiger charge is 2.65. The Morgan fingerprint density at radius 3 is 2.15 bits per heavy atom. The third-order valence-electron chi connectivity index (χ3n) is 6.25. The van der Waals surface area contributed by atoms with Crippen molar-refractivity contribution in [2.75, 3.05) is 5.75 Å². The maximum atomic E-state index is 11.9. The van der Waals surface area contributed by atoms with Crippen LogP contribution in [-0.4, -0.2) is 24.5 Å². The fraction of sp³-hybridized carbons (Fsp3) is 0.650. The predicted octanol–water partition coefficient (Wildman–Crippen LogP) is 4.86. The highest BCUT2D eigenvalue weighted by Crippen LogP contribution is 2.64. The van der Waals surface area contributed by atoms with Crippen LogP contribution in [0.2, 0.25) is 0 Å². The van der Waals surface area contributed by atoms with Crippen molar-refractivity contribution >= 4 is 38.5 Å². The van der Waals surface area contributed by atoms with E-state index in [0.717, 1.165) is 6.42 Å². The summed E-state index contributed by atoms with van der Waals surface area (Å²) < 4.78 is 32.3. The van der Waals surface area contributed by atoms with E-state index in [2.05, 4.69) is 67.6 Å². The molecule has 146 valence electrons. The first-order valence-electron chi connectivity index (χ1n) is 8.94. The Hall–Kier alpha value is -0.470. The van der Waals surface area contributed by atoms with Gasteiger partial charge in [-0.1, -0.05) is 52.8 Å². The zero-order chi connectivity index (χ0) is 20.0. The molecule has 6 heteroatoms. The molecular formula is C20H29IO4S. The molecule has 0 aromatic heterocycles. The predicted molar refractivity (Wildman–Crippen MR) is 113 cm³/mol. The largest absolute Gasteiger partial charge is 0.299 e. The van der Waals surface area contributed by atoms with Gasteiger partial charge in [0, 0.05) is 9.99 Å². The van der Waals surface area contributed by atoms with E-state index >= 15 is 0 Å². The normalized spacial score (nSPS) is 27.2. The van der Waals surface area contributed by atoms with Gasteiger partial charge in [0.15, 0.2) is 0 Å². The highest BCUT2D eigenvalue weighted by atomic mass is 127. The number of carbonyl (C=O) groups is 1. The minimum atomic E-state index is -4.08. The van der Waals surface area contributed by atoms with Gasteiger partial charge in [0.05, 0.1) is 11.2 Å². The van der Waals surface area contributed by atoms with Crippen LogP contribution in [0.3, 0.4) is 0 Å². The van der Waals surface area contributed by atoms with E-state index in [9.17, 15) is 13.2 Å². The van der Waals surface area contributed by atoms with Gasteiger partial charge >= 0.3 is 0 Å². The van der Waals surface area contributed by atoms with Crippen LogP contribution in [0, 0.1) is 20.3 Å². The summed E-state index contributed by atoms with van der Waals surface area (Å²) in [4.78, 5) is 11.9. The molecule has 1 N–H and O–H groups in total. The standard InChI is InChI=1S/C10H13I.C10H16O4S/c1-10(2,3)8-6-4-5-7-9(8)11;1-9(2)7-3-4-10(9,8(11)5-7)6-15(12,13)14/h4-7H,1-3H3;7H,3-6H2,1-2H3,(H,12,13,14). The fourth-order valence-corrected chi connectivity index (χ4v) is 6.99. The first kappa shape index (κ1) is 21.8. The first-order valence-corrected chi connectivity index (χ1v) is 11.6. The van der Waals surface area contributed by atoms with Crippen LogP contribution < -0.4 is 0 Å². The van der Waals surface area contributed by atoms with Crippen molar-refractivity contribution < 1.29 is 17.8 Å². The van der Waals surface area contributed by atoms with Crippen molar-refractivity contribution in [2.45, 2.75) is 59.3 Å². The number of fused-ring (bicyclic) bond motifs is 2. The number of hydrogen-bond donors (Lipinski definition) is 1. The second kappa shape index (κ2) is 7.17. The van der Waals surface area contributed by atoms with Crippen LogP contribution in [0.5, 0.6) is 0 Å². The Labute approximate surface area is 171 Å². The van der Waals surface area contributed by atoms with Gasteiger partial charge in [-0.3, -0.25) is 9.35 Å². The molecule has 0 heterocycles. The first-order chi connectivity index (χ1) is 11.7. The van der Waals surface area contributed by atoms with Crippen molar-refractivity contribution in [1.29, 1.82) is 0 Å². The maximum Gasteiger partial charge on any atom is 0.265 e. The van der Waals surface area contributed by atoms with Gasteiger partial charge in [0.2, 0.25) is 0 Å². The summed E-state index contributed by atoms with van der Waals surface area (Å²) in [7, 11) is -4.08. The fourth-order valence-electron chi connectivity index (χ4n) is 4.49. The lowest BCUT2D eigenvalue weighted by Crippen LogP contribution is -2.42. The minimum absolute atomic E-state index is 0.0152. The van der Waals surface area contributed by atoms with E-state index in [4.69, 9.17) is 4.55 Å². The molecule has 0 radical (unpaired) electrons. The van der Waals surface area contributed by atoms with Gasteiger partial charge in [0.1, 0.15) is 5.78 Å². The molecule has 2 aliphatic carbocycles. The van der Waals surface area contributed by atoms with Gasteiger partial charge in [-0.25, -0.2) is 0 Å². The van der Waals surface area contributed by atoms with Crippen molar-refractivity contribution in [3.05, 3.63) is 33.4 Å². The molecule has 2 fully saturated rings. The van der Waals surface area contributed by atoms with Crippen molar-refractivity contribution in [1.82, 2.24) is 0 Å². The number of hydrogen-bond acceptors (Lipinski definition) is 3. The summed E-state index contributed by atoms with van der Waals surface area (Å²) in [5.41, 5.74) is 0.587. The lowest BCUT2D eigenvalue weighted by molar-refractivity contribution is -0.128. The molecule has 2 unspecified atom stereocenters. The number of halogens is 1. The maximum absolute atomic E-state index is 11.9. The average Bonchev–Trinajstić information content (AvgIpc) is 2.79. The minimum Gasteiger partial charge on any atom is -0.299 e. The molecule has 0 amide bonds. The lowest BCUT2D eigenvalue weighted by atomic mass is 9.70. The summed E-state index contributed by atoms with van der Waals surface area (Å²) in [5.74, 6) is -0.101. The van der Waals surface area contributed by atoms with Crippen LogP contribution >= 0.6 is 22.6 Å². The number of benzene rings is 1. The Bertz CT molecular complexity index is 792. The molecule has 1 aromatic rings. The van der Waals surface area contributed by atoms with Gasteiger partial charge in [-0.15, -0.1) is 0 Å². The molecule has 2 aliphatic rings. The average molecular weight is 492 g/mol. The van der Waals surface area contributed by atoms with E-state index in [1.54, 1.807) is 0 Å². The smallest absolute Gasteiger partial charge is 0.265 e. The topological polar surface area (TPSA) is 71.4 Å². The lowest BCUT2D eigenvalue weighted by Gasteiger charge is -2.35. The van der Waals surface area contributed by atoms with Crippen molar-refractivity contribution in [3.63, 3.8) is 0 Å². The second-order valence-corrected chi connectivity index (χ2v) is 11.7. The molecular weight excluding hydrogens is 463 g/mol. The Kier molecular flexibility index (Phi) is 6.02. The molecule has 4 nitrogen and oxygen atoms in total. The molecule has 1 aromatic carbocycles. The van der Waals surface area contributed by atoms with E-state index < -0.39 is 21.3 Å². The van der Waals surface area contributed by atoms with E-state index in [0.29, 0.717) is 12.8 Å². The van der Waals surface area contributed by atoms with Gasteiger partial charge in [-0.05, 0) is 63.8 Å². The Morgan fingerprint density at radius 1 is 1.23 bits per heavy atom. The summed E-state index contributed by atoms with van der Waals surface area (Å²) in [6.45, 7) is 10.6. The quantitative estimate of drug-likeness (QED) is 0.473. The van der Waals surface area contributed by atoms with Crippen LogP contribution in [-0.2, 0) is 20.3 Å². The number of rotatable bonds is 2. The van der Waals surface area contributed by atoms with Crippen LogP contribution in [0.15, 0.2) is 24.3 Å². The molecule has 0 spiro atoms. The zero-order valence-corrected chi connectivity index (χ0v) is 19.1. The highest BCUT2D eigenvalue weighted by molar-refractivity contribution is 14.1. The van der Waals surface area contributed by atoms with E-state index in [1.807, 2.05) is 13.8 Å². The SMILES string of the molecule is CC(C)(C)c1ccccc1I.CC1(C)C2CCC1(CS(=O)(=O)O)C(=O)C2. The van der Waals surface area contributed by atoms with Gasteiger partial charge < -0.3 is 0 Å². The number of Topliss-reactive ketones (excluding diaryl/α,β-unsaturated/α-hetero) is 1. The molecule has 0 saturated heterocycles. The summed E-state index contributed by atoms with van der Waals surface area (Å²) in [5, 5.41) is 0. The third kappa shape index (κ3) is 4.17. The molecule has 2 atom stereocenters. The van der Waals surface area contributed by atoms with Gasteiger partial charge in [0.25, 0.3) is 10.1 Å². The van der Waals surface area contributed by atoms with Crippen LogP contribution in [0.4, 0.5) is 0 Å². The molecule has 3 rings (SSSR count). The van der Waals surface area contributed by atoms with Crippen LogP contribution in [0.1, 0.15) is 59.4 Å². The molecule has 2 saturated carbocycles. The summed E-state index contributed by atoms with van der Waals surface area (Å²) in [6, 6.07) is 8.53.